The zero-order valence-corrected chi connectivity index (χ0v) is 20.1. The van der Waals surface area contributed by atoms with Gasteiger partial charge in [0.2, 0.25) is 0 Å². The second-order valence-corrected chi connectivity index (χ2v) is 9.01. The Kier molecular flexibility index (Phi) is 8.58. The number of aliphatic hydroxyl groups excluding tert-OH is 1. The van der Waals surface area contributed by atoms with E-state index >= 15 is 0 Å². The van der Waals surface area contributed by atoms with Crippen molar-refractivity contribution in [3.8, 4) is 5.75 Å². The molecular weight excluding hydrogens is 470 g/mol. The molecule has 3 aromatic rings. The molecule has 9 nitrogen and oxygen atoms in total. The largest absolute Gasteiger partial charge is 0.508 e. The van der Waals surface area contributed by atoms with Gasteiger partial charge in [-0.2, -0.15) is 0 Å². The zero-order valence-electron chi connectivity index (χ0n) is 19.2. The Bertz CT molecular complexity index is 1190. The van der Waals surface area contributed by atoms with Crippen LogP contribution in [0.25, 0.3) is 0 Å². The van der Waals surface area contributed by atoms with Crippen molar-refractivity contribution >= 4 is 29.1 Å². The number of rotatable bonds is 10. The number of carboxylic acid groups (broad SMARTS) is 1. The molecule has 2 aromatic carbocycles. The second kappa shape index (κ2) is 11.6. The number of phenols is 1. The SMILES string of the molecule is Cc1cc(C(=O)NCc2cccc(O)c2)cc(C)c1C(=O)N[C@@H](CNC(O)c1cccs1)C(=O)O. The number of hydrogen-bond acceptors (Lipinski definition) is 7. The lowest BCUT2D eigenvalue weighted by Gasteiger charge is -2.19. The van der Waals surface area contributed by atoms with Crippen molar-refractivity contribution in [1.82, 2.24) is 16.0 Å². The third kappa shape index (κ3) is 6.89. The fraction of sp³-hybridized carbons (Fsp3) is 0.240. The topological polar surface area (TPSA) is 148 Å². The standard InChI is InChI=1S/C25H27N3O6S/c1-14-9-17(22(30)26-12-16-5-3-6-18(29)11-16)10-15(2)21(14)24(32)28-19(25(33)34)13-27-23(31)20-7-4-8-35-20/h3-11,19,23,27,29,31H,12-13H2,1-2H3,(H,26,30)(H,28,32)(H,33,34)/t19-,23?/m0/s1. The molecule has 3 rings (SSSR count). The summed E-state index contributed by atoms with van der Waals surface area (Å²) in [6.07, 6.45) is -1.05. The molecule has 0 aliphatic carbocycles. The molecule has 0 fully saturated rings. The number of aliphatic carboxylic acids is 1. The molecular formula is C25H27N3O6S. The summed E-state index contributed by atoms with van der Waals surface area (Å²) in [5.74, 6) is -2.08. The highest BCUT2D eigenvalue weighted by Gasteiger charge is 2.24. The molecule has 0 aliphatic heterocycles. The number of hydrogen-bond donors (Lipinski definition) is 6. The minimum absolute atomic E-state index is 0.106. The van der Waals surface area contributed by atoms with Gasteiger partial charge in [0.25, 0.3) is 11.8 Å². The van der Waals surface area contributed by atoms with Gasteiger partial charge in [-0.05, 0) is 66.2 Å². The first-order valence-corrected chi connectivity index (χ1v) is 11.7. The number of aliphatic hydroxyl groups is 1. The average molecular weight is 498 g/mol. The van der Waals surface area contributed by atoms with Crippen LogP contribution in [0, 0.1) is 13.8 Å². The van der Waals surface area contributed by atoms with Crippen molar-refractivity contribution in [2.24, 2.45) is 0 Å². The van der Waals surface area contributed by atoms with Gasteiger partial charge in [0.05, 0.1) is 0 Å². The molecule has 184 valence electrons. The predicted octanol–water partition coefficient (Wildman–Crippen LogP) is 2.46. The Hall–Kier alpha value is -3.73. The second-order valence-electron chi connectivity index (χ2n) is 8.03. The molecule has 0 aliphatic rings. The molecule has 10 heteroatoms. The molecule has 0 bridgehead atoms. The Morgan fingerprint density at radius 2 is 1.71 bits per heavy atom. The molecule has 0 saturated carbocycles. The maximum atomic E-state index is 12.9. The van der Waals surface area contributed by atoms with E-state index in [1.54, 1.807) is 67.8 Å². The van der Waals surface area contributed by atoms with E-state index in [2.05, 4.69) is 16.0 Å². The van der Waals surface area contributed by atoms with Crippen LogP contribution in [0.1, 0.15) is 48.5 Å². The minimum atomic E-state index is -1.28. The van der Waals surface area contributed by atoms with Gasteiger partial charge in [0.15, 0.2) is 0 Å². The third-order valence-electron chi connectivity index (χ3n) is 5.32. The smallest absolute Gasteiger partial charge is 0.327 e. The highest BCUT2D eigenvalue weighted by molar-refractivity contribution is 7.10. The molecule has 2 atom stereocenters. The number of amides is 2. The van der Waals surface area contributed by atoms with Crippen LogP contribution in [-0.2, 0) is 11.3 Å². The summed E-state index contributed by atoms with van der Waals surface area (Å²) in [6.45, 7) is 3.37. The van der Waals surface area contributed by atoms with Crippen molar-refractivity contribution < 1.29 is 29.7 Å². The maximum absolute atomic E-state index is 12.9. The fourth-order valence-electron chi connectivity index (χ4n) is 3.61. The van der Waals surface area contributed by atoms with Crippen molar-refractivity contribution in [3.63, 3.8) is 0 Å². The highest BCUT2D eigenvalue weighted by Crippen LogP contribution is 2.19. The van der Waals surface area contributed by atoms with Gasteiger partial charge >= 0.3 is 5.97 Å². The Labute approximate surface area is 206 Å². The van der Waals surface area contributed by atoms with Crippen LogP contribution in [0.5, 0.6) is 5.75 Å². The normalized spacial score (nSPS) is 12.5. The summed E-state index contributed by atoms with van der Waals surface area (Å²) in [7, 11) is 0. The summed E-state index contributed by atoms with van der Waals surface area (Å²) in [5.41, 5.74) is 2.40. The van der Waals surface area contributed by atoms with Crippen LogP contribution in [-0.4, -0.2) is 45.7 Å². The lowest BCUT2D eigenvalue weighted by Crippen LogP contribution is -2.48. The Balaban J connectivity index is 1.66. The van der Waals surface area contributed by atoms with E-state index < -0.39 is 24.1 Å². The maximum Gasteiger partial charge on any atom is 0.327 e. The quantitative estimate of drug-likeness (QED) is 0.236. The van der Waals surface area contributed by atoms with E-state index in [-0.39, 0.29) is 30.3 Å². The first kappa shape index (κ1) is 25.9. The zero-order chi connectivity index (χ0) is 25.5. The molecule has 1 heterocycles. The van der Waals surface area contributed by atoms with Crippen molar-refractivity contribution in [3.05, 3.63) is 86.6 Å². The number of benzene rings is 2. The summed E-state index contributed by atoms with van der Waals surface area (Å²) >= 11 is 1.32. The van der Waals surface area contributed by atoms with Crippen LogP contribution in [0.3, 0.4) is 0 Å². The van der Waals surface area contributed by atoms with Gasteiger partial charge in [0.1, 0.15) is 18.0 Å². The van der Waals surface area contributed by atoms with Crippen molar-refractivity contribution in [2.75, 3.05) is 6.54 Å². The van der Waals surface area contributed by atoms with E-state index in [1.165, 1.54) is 11.3 Å². The number of phenolic OH excluding ortho intramolecular Hbond substituents is 1. The molecule has 0 radical (unpaired) electrons. The highest BCUT2D eigenvalue weighted by atomic mass is 32.1. The first-order chi connectivity index (χ1) is 16.7. The van der Waals surface area contributed by atoms with Crippen LogP contribution in [0.4, 0.5) is 0 Å². The number of carboxylic acids is 1. The summed E-state index contributed by atoms with van der Waals surface area (Å²) in [6, 6.07) is 11.9. The van der Waals surface area contributed by atoms with Gasteiger partial charge in [-0.15, -0.1) is 11.3 Å². The molecule has 35 heavy (non-hydrogen) atoms. The fourth-order valence-corrected chi connectivity index (χ4v) is 4.29. The van der Waals surface area contributed by atoms with Crippen molar-refractivity contribution in [1.29, 1.82) is 0 Å². The van der Waals surface area contributed by atoms with Gasteiger partial charge in [-0.1, -0.05) is 18.2 Å². The van der Waals surface area contributed by atoms with Gasteiger partial charge in [-0.25, -0.2) is 4.79 Å². The Morgan fingerprint density at radius 1 is 1.00 bits per heavy atom. The van der Waals surface area contributed by atoms with Crippen LogP contribution >= 0.6 is 11.3 Å². The molecule has 6 N–H and O–H groups in total. The lowest BCUT2D eigenvalue weighted by atomic mass is 9.98. The van der Waals surface area contributed by atoms with E-state index in [9.17, 15) is 29.7 Å². The monoisotopic (exact) mass is 497 g/mol. The molecule has 0 spiro atoms. The average Bonchev–Trinajstić information content (AvgIpc) is 3.34. The Morgan fingerprint density at radius 3 is 2.31 bits per heavy atom. The number of aromatic hydroxyl groups is 1. The third-order valence-corrected chi connectivity index (χ3v) is 6.24. The minimum Gasteiger partial charge on any atom is -0.508 e. The number of carbonyl (C=O) groups is 3. The van der Waals surface area contributed by atoms with Gasteiger partial charge < -0.3 is 26.0 Å². The van der Waals surface area contributed by atoms with E-state index in [4.69, 9.17) is 0 Å². The van der Waals surface area contributed by atoms with E-state index in [0.29, 0.717) is 21.6 Å². The number of nitrogens with one attached hydrogen (secondary N) is 3. The summed E-state index contributed by atoms with van der Waals surface area (Å²) in [5, 5.41) is 39.0. The number of carbonyl (C=O) groups excluding carboxylic acids is 2. The van der Waals surface area contributed by atoms with Crippen LogP contribution in [0.15, 0.2) is 53.9 Å². The van der Waals surface area contributed by atoms with Crippen LogP contribution < -0.4 is 16.0 Å². The molecule has 2 amide bonds. The van der Waals surface area contributed by atoms with E-state index in [0.717, 1.165) is 5.56 Å². The van der Waals surface area contributed by atoms with Crippen LogP contribution in [0.2, 0.25) is 0 Å². The summed E-state index contributed by atoms with van der Waals surface area (Å²) in [4.78, 5) is 37.8. The van der Waals surface area contributed by atoms with Gasteiger partial charge in [0, 0.05) is 29.1 Å². The molecule has 0 saturated heterocycles. The van der Waals surface area contributed by atoms with Gasteiger partial charge in [-0.3, -0.25) is 14.9 Å². The number of thiophene rings is 1. The summed E-state index contributed by atoms with van der Waals surface area (Å²) < 4.78 is 0. The van der Waals surface area contributed by atoms with E-state index in [1.807, 2.05) is 0 Å². The number of aryl methyl sites for hydroxylation is 2. The molecule has 1 aromatic heterocycles. The van der Waals surface area contributed by atoms with Crippen molar-refractivity contribution in [2.45, 2.75) is 32.7 Å². The lowest BCUT2D eigenvalue weighted by molar-refractivity contribution is -0.139. The predicted molar refractivity (Wildman–Crippen MR) is 131 cm³/mol. The molecule has 1 unspecified atom stereocenters. The first-order valence-electron chi connectivity index (χ1n) is 10.8.